The number of nitrogens with zero attached hydrogens (tertiary/aromatic N) is 2. The van der Waals surface area contributed by atoms with E-state index in [2.05, 4.69) is 18.7 Å². The Morgan fingerprint density at radius 1 is 0.900 bits per heavy atom. The highest BCUT2D eigenvalue weighted by molar-refractivity contribution is 6.47. The average molecular weight is 443 g/mol. The number of likely N-dealkylation sites (tertiary alicyclic amines) is 1. The number of imide groups is 1. The lowest BCUT2D eigenvalue weighted by atomic mass is 9.91. The van der Waals surface area contributed by atoms with Gasteiger partial charge in [0, 0.05) is 18.1 Å². The average Bonchev–Trinajstić information content (AvgIpc) is 2.94. The summed E-state index contributed by atoms with van der Waals surface area (Å²) in [5.74, 6) is 0.161. The number of carbonyl (C=O) groups excluding carboxylic acids is 2. The summed E-state index contributed by atoms with van der Waals surface area (Å²) >= 11 is 12.5. The molecule has 0 spiro atoms. The number of aryl methyl sites for hydroxylation is 1. The predicted molar refractivity (Wildman–Crippen MR) is 122 cm³/mol. The van der Waals surface area contributed by atoms with Crippen LogP contribution in [0.2, 0.25) is 10.0 Å². The van der Waals surface area contributed by atoms with E-state index in [-0.39, 0.29) is 11.8 Å². The Kier molecular flexibility index (Phi) is 5.65. The van der Waals surface area contributed by atoms with Crippen LogP contribution >= 0.6 is 23.2 Å². The lowest BCUT2D eigenvalue weighted by Gasteiger charge is -2.37. The second kappa shape index (κ2) is 8.09. The molecule has 2 aromatic rings. The zero-order valence-corrected chi connectivity index (χ0v) is 18.8. The van der Waals surface area contributed by atoms with Crippen LogP contribution in [0, 0.1) is 18.8 Å². The SMILES string of the molecule is Cc1ccc(C2=C(N3CC(C)CC(C)C3)C(=O)N(c3cc(Cl)ccc3Cl)C2=O)cc1. The largest absolute Gasteiger partial charge is 0.366 e. The van der Waals surface area contributed by atoms with Gasteiger partial charge in [0.15, 0.2) is 0 Å². The fraction of sp³-hybridized carbons (Fsp3) is 0.333. The summed E-state index contributed by atoms with van der Waals surface area (Å²) in [4.78, 5) is 30.5. The van der Waals surface area contributed by atoms with Crippen molar-refractivity contribution in [3.05, 3.63) is 69.3 Å². The molecule has 0 saturated carbocycles. The van der Waals surface area contributed by atoms with Gasteiger partial charge in [0.25, 0.3) is 11.8 Å². The normalized spacial score (nSPS) is 22.3. The molecule has 30 heavy (non-hydrogen) atoms. The molecule has 0 aliphatic carbocycles. The molecule has 2 aromatic carbocycles. The summed E-state index contributed by atoms with van der Waals surface area (Å²) in [6, 6.07) is 12.5. The molecule has 0 aromatic heterocycles. The first-order valence-electron chi connectivity index (χ1n) is 10.2. The number of piperidine rings is 1. The molecule has 2 aliphatic heterocycles. The molecule has 1 saturated heterocycles. The van der Waals surface area contributed by atoms with E-state index in [4.69, 9.17) is 23.2 Å². The molecule has 2 amide bonds. The van der Waals surface area contributed by atoms with E-state index in [1.165, 1.54) is 4.90 Å². The van der Waals surface area contributed by atoms with Gasteiger partial charge in [-0.3, -0.25) is 9.59 Å². The molecule has 2 aliphatic rings. The van der Waals surface area contributed by atoms with Gasteiger partial charge in [-0.25, -0.2) is 4.90 Å². The van der Waals surface area contributed by atoms with Gasteiger partial charge in [-0.05, 0) is 48.9 Å². The van der Waals surface area contributed by atoms with Crippen LogP contribution < -0.4 is 4.90 Å². The summed E-state index contributed by atoms with van der Waals surface area (Å²) in [5.41, 5.74) is 3.03. The maximum absolute atomic E-state index is 13.6. The van der Waals surface area contributed by atoms with Gasteiger partial charge in [0.05, 0.1) is 16.3 Å². The van der Waals surface area contributed by atoms with E-state index >= 15 is 0 Å². The Hall–Kier alpha value is -2.30. The Labute approximate surface area is 187 Å². The fourth-order valence-corrected chi connectivity index (χ4v) is 4.88. The summed E-state index contributed by atoms with van der Waals surface area (Å²) in [6.45, 7) is 7.84. The second-order valence-corrected chi connectivity index (χ2v) is 9.33. The minimum absolute atomic E-state index is 0.311. The molecular formula is C24H24Cl2N2O2. The molecule has 1 fully saturated rings. The molecule has 0 N–H and O–H groups in total. The molecular weight excluding hydrogens is 419 g/mol. The molecule has 6 heteroatoms. The van der Waals surface area contributed by atoms with Crippen molar-refractivity contribution in [3.8, 4) is 0 Å². The molecule has 4 rings (SSSR count). The van der Waals surface area contributed by atoms with Crippen LogP contribution in [0.25, 0.3) is 5.57 Å². The predicted octanol–water partition coefficient (Wildman–Crippen LogP) is 5.56. The Bertz CT molecular complexity index is 1040. The summed E-state index contributed by atoms with van der Waals surface area (Å²) in [7, 11) is 0. The third-order valence-electron chi connectivity index (χ3n) is 5.73. The van der Waals surface area contributed by atoms with Crippen molar-refractivity contribution in [2.45, 2.75) is 27.2 Å². The molecule has 156 valence electrons. The van der Waals surface area contributed by atoms with Gasteiger partial charge in [0.2, 0.25) is 0 Å². The molecule has 4 nitrogen and oxygen atoms in total. The number of rotatable bonds is 3. The van der Waals surface area contributed by atoms with Crippen LogP contribution in [0.15, 0.2) is 48.2 Å². The third kappa shape index (κ3) is 3.75. The second-order valence-electron chi connectivity index (χ2n) is 8.48. The third-order valence-corrected chi connectivity index (χ3v) is 6.29. The van der Waals surface area contributed by atoms with Gasteiger partial charge >= 0.3 is 0 Å². The standard InChI is InChI=1S/C24H24Cl2N2O2/c1-14-4-6-17(7-5-14)21-22(27-12-15(2)10-16(3)13-27)24(30)28(23(21)29)20-11-18(25)8-9-19(20)26/h4-9,11,15-16H,10,12-13H2,1-3H3. The van der Waals surface area contributed by atoms with Crippen molar-refractivity contribution < 1.29 is 9.59 Å². The first-order chi connectivity index (χ1) is 14.3. The lowest BCUT2D eigenvalue weighted by Crippen LogP contribution is -2.42. The van der Waals surface area contributed by atoms with Crippen molar-refractivity contribution in [1.29, 1.82) is 0 Å². The zero-order chi connectivity index (χ0) is 21.6. The highest BCUT2D eigenvalue weighted by atomic mass is 35.5. The Morgan fingerprint density at radius 3 is 2.17 bits per heavy atom. The van der Waals surface area contributed by atoms with Crippen LogP contribution in [-0.2, 0) is 9.59 Å². The van der Waals surface area contributed by atoms with E-state index < -0.39 is 0 Å². The minimum atomic E-state index is -0.367. The topological polar surface area (TPSA) is 40.6 Å². The van der Waals surface area contributed by atoms with Crippen molar-refractivity contribution in [3.63, 3.8) is 0 Å². The smallest absolute Gasteiger partial charge is 0.282 e. The number of carbonyl (C=O) groups is 2. The lowest BCUT2D eigenvalue weighted by molar-refractivity contribution is -0.120. The van der Waals surface area contributed by atoms with Crippen LogP contribution in [0.4, 0.5) is 5.69 Å². The Balaban J connectivity index is 1.86. The molecule has 2 unspecified atom stereocenters. The van der Waals surface area contributed by atoms with Crippen LogP contribution in [0.5, 0.6) is 0 Å². The van der Waals surface area contributed by atoms with Crippen molar-refractivity contribution >= 4 is 46.3 Å². The number of hydrogen-bond donors (Lipinski definition) is 0. The fourth-order valence-electron chi connectivity index (χ4n) is 4.51. The minimum Gasteiger partial charge on any atom is -0.366 e. The summed E-state index contributed by atoms with van der Waals surface area (Å²) in [6.07, 6.45) is 1.11. The maximum Gasteiger partial charge on any atom is 0.282 e. The van der Waals surface area contributed by atoms with Crippen LogP contribution in [-0.4, -0.2) is 29.8 Å². The highest BCUT2D eigenvalue weighted by Gasteiger charge is 2.44. The highest BCUT2D eigenvalue weighted by Crippen LogP contribution is 2.40. The number of benzene rings is 2. The number of anilines is 1. The van der Waals surface area contributed by atoms with E-state index in [1.54, 1.807) is 18.2 Å². The zero-order valence-electron chi connectivity index (χ0n) is 17.3. The molecule has 0 radical (unpaired) electrons. The number of amides is 2. The molecule has 0 bridgehead atoms. The van der Waals surface area contributed by atoms with Gasteiger partial charge < -0.3 is 4.90 Å². The van der Waals surface area contributed by atoms with Gasteiger partial charge in [-0.1, -0.05) is 66.9 Å². The summed E-state index contributed by atoms with van der Waals surface area (Å²) in [5, 5.41) is 0.728. The van der Waals surface area contributed by atoms with Gasteiger partial charge in [-0.15, -0.1) is 0 Å². The number of halogens is 2. The van der Waals surface area contributed by atoms with E-state index in [1.807, 2.05) is 31.2 Å². The first-order valence-corrected chi connectivity index (χ1v) is 10.9. The van der Waals surface area contributed by atoms with Gasteiger partial charge in [0.1, 0.15) is 5.70 Å². The van der Waals surface area contributed by atoms with Crippen molar-refractivity contribution in [1.82, 2.24) is 4.90 Å². The van der Waals surface area contributed by atoms with E-state index in [9.17, 15) is 9.59 Å². The maximum atomic E-state index is 13.6. The van der Waals surface area contributed by atoms with E-state index in [0.29, 0.717) is 38.8 Å². The van der Waals surface area contributed by atoms with Crippen LogP contribution in [0.1, 0.15) is 31.4 Å². The summed E-state index contributed by atoms with van der Waals surface area (Å²) < 4.78 is 0. The van der Waals surface area contributed by atoms with Crippen molar-refractivity contribution in [2.24, 2.45) is 11.8 Å². The van der Waals surface area contributed by atoms with E-state index in [0.717, 1.165) is 30.6 Å². The van der Waals surface area contributed by atoms with Crippen molar-refractivity contribution in [2.75, 3.05) is 18.0 Å². The van der Waals surface area contributed by atoms with Crippen LogP contribution in [0.3, 0.4) is 0 Å². The molecule has 2 heterocycles. The monoisotopic (exact) mass is 442 g/mol. The Morgan fingerprint density at radius 2 is 1.53 bits per heavy atom. The quantitative estimate of drug-likeness (QED) is 0.583. The molecule has 2 atom stereocenters. The number of hydrogen-bond acceptors (Lipinski definition) is 3. The van der Waals surface area contributed by atoms with Gasteiger partial charge in [-0.2, -0.15) is 0 Å². The first kappa shape index (κ1) is 21.0.